The predicted molar refractivity (Wildman–Crippen MR) is 123 cm³/mol. The average molecular weight is 563 g/mol. The van der Waals surface area contributed by atoms with Crippen LogP contribution in [-0.2, 0) is 31.2 Å². The van der Waals surface area contributed by atoms with Gasteiger partial charge in [0, 0.05) is 17.2 Å². The number of thioether (sulfide) groups is 1. The van der Waals surface area contributed by atoms with Crippen LogP contribution in [0.3, 0.4) is 0 Å². The van der Waals surface area contributed by atoms with Crippen molar-refractivity contribution in [3.05, 3.63) is 59.9 Å². The third-order valence-electron chi connectivity index (χ3n) is 5.72. The van der Waals surface area contributed by atoms with Crippen LogP contribution in [0.15, 0.2) is 57.3 Å². The second-order valence-corrected chi connectivity index (χ2v) is 12.0. The number of benzene rings is 1. The molecule has 3 aromatic rings. The summed E-state index contributed by atoms with van der Waals surface area (Å²) in [7, 11) is -4.45. The van der Waals surface area contributed by atoms with E-state index in [-0.39, 0.29) is 32.7 Å². The molecule has 1 aliphatic carbocycles. The van der Waals surface area contributed by atoms with Crippen molar-refractivity contribution in [1.29, 1.82) is 0 Å². The van der Waals surface area contributed by atoms with Gasteiger partial charge in [0.05, 0.1) is 10.6 Å². The van der Waals surface area contributed by atoms with Crippen molar-refractivity contribution >= 4 is 45.1 Å². The van der Waals surface area contributed by atoms with Gasteiger partial charge in [0.25, 0.3) is 10.0 Å². The van der Waals surface area contributed by atoms with Gasteiger partial charge in [-0.05, 0) is 24.1 Å². The molecule has 9 nitrogen and oxygen atoms in total. The van der Waals surface area contributed by atoms with Crippen LogP contribution in [0.1, 0.15) is 17.7 Å². The van der Waals surface area contributed by atoms with Crippen LogP contribution in [0.2, 0.25) is 0 Å². The zero-order valence-corrected chi connectivity index (χ0v) is 20.4. The predicted octanol–water partition coefficient (Wildman–Crippen LogP) is 3.68. The topological polar surface area (TPSA) is 147 Å². The molecule has 2 atom stereocenters. The number of sulfonamides is 1. The number of carbonyl (C=O) groups is 2. The number of hydrogen-bond donors (Lipinski definition) is 3. The van der Waals surface area contributed by atoms with Gasteiger partial charge < -0.3 is 14.7 Å². The fourth-order valence-corrected chi connectivity index (χ4v) is 7.77. The lowest BCUT2D eigenvalue weighted by molar-refractivity contribution is -0.155. The lowest BCUT2D eigenvalue weighted by Crippen LogP contribution is -2.49. The number of hydrogen-bond acceptors (Lipinski definition) is 8. The van der Waals surface area contributed by atoms with Crippen molar-refractivity contribution < 1.29 is 45.9 Å². The number of aromatic nitrogens is 1. The Balaban J connectivity index is 1.65. The summed E-state index contributed by atoms with van der Waals surface area (Å²) in [5.74, 6) is -4.16. The highest BCUT2D eigenvalue weighted by atomic mass is 32.2. The van der Waals surface area contributed by atoms with Crippen molar-refractivity contribution in [1.82, 2.24) is 9.88 Å². The smallest absolute Gasteiger partial charge is 0.452 e. The Kier molecular flexibility index (Phi) is 6.70. The first-order valence-electron chi connectivity index (χ1n) is 10.1. The van der Waals surface area contributed by atoms with E-state index in [2.05, 4.69) is 14.4 Å². The molecule has 2 unspecified atom stereocenters. The van der Waals surface area contributed by atoms with Crippen molar-refractivity contribution in [3.8, 4) is 10.6 Å². The number of aliphatic carboxylic acids is 2. The van der Waals surface area contributed by atoms with Crippen molar-refractivity contribution in [2.75, 3.05) is 11.5 Å². The summed E-state index contributed by atoms with van der Waals surface area (Å²) in [4.78, 5) is 23.5. The van der Waals surface area contributed by atoms with Gasteiger partial charge in [0.15, 0.2) is 0 Å². The Labute approximate surface area is 210 Å². The zero-order chi connectivity index (χ0) is 26.4. The van der Waals surface area contributed by atoms with Crippen molar-refractivity contribution in [3.63, 3.8) is 0 Å². The Morgan fingerprint density at radius 3 is 2.44 bits per heavy atom. The molecule has 1 aliphatic rings. The molecule has 192 valence electrons. The largest absolute Gasteiger partial charge is 0.481 e. The molecule has 1 aromatic carbocycles. The molecule has 0 amide bonds. The molecular formula is C21H17F3N2O7S3. The maximum Gasteiger partial charge on any atom is 0.452 e. The average Bonchev–Trinajstić information content (AvgIpc) is 3.19. The molecule has 0 spiro atoms. The molecule has 0 bridgehead atoms. The highest BCUT2D eigenvalue weighted by molar-refractivity contribution is 8.00. The first-order chi connectivity index (χ1) is 16.8. The summed E-state index contributed by atoms with van der Waals surface area (Å²) in [5.41, 5.74) is -2.87. The van der Waals surface area contributed by atoms with Crippen LogP contribution in [-0.4, -0.2) is 52.8 Å². The molecule has 0 aliphatic heterocycles. The summed E-state index contributed by atoms with van der Waals surface area (Å²) in [5, 5.41) is 22.4. The van der Waals surface area contributed by atoms with E-state index in [1.54, 1.807) is 30.3 Å². The van der Waals surface area contributed by atoms with E-state index in [0.29, 0.717) is 23.0 Å². The normalized spacial score (nSPS) is 21.9. The Hall–Kier alpha value is -2.88. The van der Waals surface area contributed by atoms with Gasteiger partial charge in [0.1, 0.15) is 15.4 Å². The highest BCUT2D eigenvalue weighted by Gasteiger charge is 2.74. The van der Waals surface area contributed by atoms with Gasteiger partial charge in [0.2, 0.25) is 5.76 Å². The summed E-state index contributed by atoms with van der Waals surface area (Å²) < 4.78 is 71.0. The molecular weight excluding hydrogens is 545 g/mol. The number of nitrogens with one attached hydrogen (secondary N) is 1. The van der Waals surface area contributed by atoms with Crippen LogP contribution >= 0.6 is 23.1 Å². The number of nitrogens with zero attached hydrogens (tertiary/aromatic N) is 1. The second kappa shape index (κ2) is 9.21. The molecule has 4 rings (SSSR count). The standard InChI is InChI=1S/C21H17F3N2O7S3/c22-21(23,24)15-8-13(25-33-15)14-6-7-17(35-14)36(31,32)26-20(18(29)30)10-19(20,11-34-9-16(27)28)12-4-2-1-3-5-12/h1-8,26H,9-11H2,(H,27,28)(H,29,30). The molecule has 3 N–H and O–H groups in total. The number of halogens is 3. The number of thiophene rings is 1. The van der Waals surface area contributed by atoms with Gasteiger partial charge >= 0.3 is 18.1 Å². The monoisotopic (exact) mass is 562 g/mol. The van der Waals surface area contributed by atoms with E-state index >= 15 is 0 Å². The van der Waals surface area contributed by atoms with E-state index in [1.807, 2.05) is 0 Å². The van der Waals surface area contributed by atoms with Crippen LogP contribution in [0, 0.1) is 0 Å². The minimum Gasteiger partial charge on any atom is -0.481 e. The molecule has 0 radical (unpaired) electrons. The SMILES string of the molecule is O=C(O)CSCC1(c2ccccc2)CC1(NS(=O)(=O)c1ccc(-c2cc(C(F)(F)F)on2)s1)C(=O)O. The molecule has 1 saturated carbocycles. The van der Waals surface area contributed by atoms with Gasteiger partial charge in [-0.15, -0.1) is 23.1 Å². The number of carboxylic acid groups (broad SMARTS) is 2. The number of rotatable bonds is 10. The van der Waals surface area contributed by atoms with Gasteiger partial charge in [-0.1, -0.05) is 35.5 Å². The van der Waals surface area contributed by atoms with Gasteiger partial charge in [-0.3, -0.25) is 9.59 Å². The fraction of sp³-hybridized carbons (Fsp3) is 0.286. The molecule has 0 saturated heterocycles. The Bertz CT molecular complexity index is 1410. The summed E-state index contributed by atoms with van der Waals surface area (Å²) in [6.07, 6.45) is -4.89. The summed E-state index contributed by atoms with van der Waals surface area (Å²) in [6, 6.07) is 11.3. The first kappa shape index (κ1) is 26.2. The van der Waals surface area contributed by atoms with Crippen molar-refractivity contribution in [2.45, 2.75) is 27.8 Å². The van der Waals surface area contributed by atoms with Crippen molar-refractivity contribution in [2.24, 2.45) is 0 Å². The van der Waals surface area contributed by atoms with Crippen LogP contribution < -0.4 is 4.72 Å². The summed E-state index contributed by atoms with van der Waals surface area (Å²) in [6.45, 7) is 0. The van der Waals surface area contributed by atoms with E-state index in [0.717, 1.165) is 17.8 Å². The number of alkyl halides is 3. The first-order valence-corrected chi connectivity index (χ1v) is 13.5. The lowest BCUT2D eigenvalue weighted by atomic mass is 9.92. The van der Waals surface area contributed by atoms with Crippen LogP contribution in [0.25, 0.3) is 10.6 Å². The third kappa shape index (κ3) is 4.75. The molecule has 2 aromatic heterocycles. The molecule has 15 heteroatoms. The third-order valence-corrected chi connectivity index (χ3v) is 9.96. The minimum absolute atomic E-state index is 0.0208. The second-order valence-electron chi connectivity index (χ2n) is 8.02. The lowest BCUT2D eigenvalue weighted by Gasteiger charge is -2.24. The molecule has 36 heavy (non-hydrogen) atoms. The zero-order valence-electron chi connectivity index (χ0n) is 18.0. The maximum absolute atomic E-state index is 13.2. The van der Waals surface area contributed by atoms with E-state index in [1.165, 1.54) is 6.07 Å². The number of carboxylic acids is 2. The minimum atomic E-state index is -4.77. The maximum atomic E-state index is 13.2. The quantitative estimate of drug-likeness (QED) is 0.337. The molecule has 2 heterocycles. The van der Waals surface area contributed by atoms with Gasteiger partial charge in [-0.2, -0.15) is 17.9 Å². The van der Waals surface area contributed by atoms with Gasteiger partial charge in [-0.25, -0.2) is 8.42 Å². The van der Waals surface area contributed by atoms with E-state index in [4.69, 9.17) is 5.11 Å². The highest BCUT2D eigenvalue weighted by Crippen LogP contribution is 2.60. The van der Waals surface area contributed by atoms with Crippen LogP contribution in [0.4, 0.5) is 13.2 Å². The summed E-state index contributed by atoms with van der Waals surface area (Å²) >= 11 is 1.57. The fourth-order valence-electron chi connectivity index (χ4n) is 3.95. The Morgan fingerprint density at radius 1 is 1.17 bits per heavy atom. The van der Waals surface area contributed by atoms with Crippen LogP contribution in [0.5, 0.6) is 0 Å². The van der Waals surface area contributed by atoms with E-state index < -0.39 is 44.9 Å². The Morgan fingerprint density at radius 2 is 1.86 bits per heavy atom. The molecule has 1 fully saturated rings. The van der Waals surface area contributed by atoms with E-state index in [9.17, 15) is 36.3 Å².